The average Bonchev–Trinajstić information content (AvgIpc) is 3.36. The fourth-order valence-corrected chi connectivity index (χ4v) is 4.19. The van der Waals surface area contributed by atoms with Crippen molar-refractivity contribution in [3.8, 4) is 0 Å². The first kappa shape index (κ1) is 22.2. The van der Waals surface area contributed by atoms with Crippen molar-refractivity contribution in [3.63, 3.8) is 0 Å². The van der Waals surface area contributed by atoms with E-state index in [1.807, 2.05) is 48.7 Å². The maximum Gasteiger partial charge on any atom is 0.261 e. The van der Waals surface area contributed by atoms with E-state index in [0.717, 1.165) is 5.56 Å². The third-order valence-corrected chi connectivity index (χ3v) is 6.13. The molecule has 1 aliphatic heterocycles. The SMILES string of the molecule is C[C@@H](/C=C/CCn1cc(C(CO)c2ccccc2)nn1)[C@]1(O)C(=O)Nc2ccc(Cl)cc21. The molecule has 8 heteroatoms. The van der Waals surface area contributed by atoms with E-state index in [1.165, 1.54) is 0 Å². The van der Waals surface area contributed by atoms with Gasteiger partial charge in [0.05, 0.1) is 18.2 Å². The van der Waals surface area contributed by atoms with Gasteiger partial charge in [0.1, 0.15) is 0 Å². The first-order chi connectivity index (χ1) is 15.4. The van der Waals surface area contributed by atoms with Crippen LogP contribution in [0.4, 0.5) is 5.69 Å². The van der Waals surface area contributed by atoms with Gasteiger partial charge in [-0.2, -0.15) is 0 Å². The molecule has 3 N–H and O–H groups in total. The quantitative estimate of drug-likeness (QED) is 0.454. The van der Waals surface area contributed by atoms with E-state index in [4.69, 9.17) is 11.6 Å². The predicted molar refractivity (Wildman–Crippen MR) is 122 cm³/mol. The lowest BCUT2D eigenvalue weighted by atomic mass is 9.83. The lowest BCUT2D eigenvalue weighted by molar-refractivity contribution is -0.137. The Morgan fingerprint density at radius 1 is 1.25 bits per heavy atom. The van der Waals surface area contributed by atoms with E-state index < -0.39 is 17.4 Å². The number of carbonyl (C=O) groups is 1. The van der Waals surface area contributed by atoms with Gasteiger partial charge in [-0.1, -0.05) is 66.2 Å². The van der Waals surface area contributed by atoms with Crippen LogP contribution >= 0.6 is 11.6 Å². The van der Waals surface area contributed by atoms with E-state index in [2.05, 4.69) is 15.6 Å². The highest BCUT2D eigenvalue weighted by molar-refractivity contribution is 6.31. The van der Waals surface area contributed by atoms with Gasteiger partial charge in [-0.15, -0.1) is 5.10 Å². The molecule has 2 heterocycles. The van der Waals surface area contributed by atoms with E-state index >= 15 is 0 Å². The number of carbonyl (C=O) groups excluding carboxylic acids is 1. The lowest BCUT2D eigenvalue weighted by Gasteiger charge is -2.26. The third-order valence-electron chi connectivity index (χ3n) is 5.89. The van der Waals surface area contributed by atoms with Crippen LogP contribution in [0, 0.1) is 5.92 Å². The summed E-state index contributed by atoms with van der Waals surface area (Å²) < 4.78 is 1.72. The summed E-state index contributed by atoms with van der Waals surface area (Å²) in [5, 5.41) is 32.5. The molecule has 0 spiro atoms. The third kappa shape index (κ3) is 4.19. The molecular formula is C24H25ClN4O3. The number of aryl methyl sites for hydroxylation is 1. The Labute approximate surface area is 191 Å². The zero-order valence-corrected chi connectivity index (χ0v) is 18.4. The van der Waals surface area contributed by atoms with Gasteiger partial charge >= 0.3 is 0 Å². The van der Waals surface area contributed by atoms with Crippen LogP contribution in [0.15, 0.2) is 66.9 Å². The molecule has 1 aliphatic rings. The highest BCUT2D eigenvalue weighted by Crippen LogP contribution is 2.42. The minimum Gasteiger partial charge on any atom is -0.395 e. The van der Waals surface area contributed by atoms with Gasteiger partial charge in [0.15, 0.2) is 5.60 Å². The van der Waals surface area contributed by atoms with Gasteiger partial charge in [0, 0.05) is 34.9 Å². The van der Waals surface area contributed by atoms with E-state index in [1.54, 1.807) is 29.8 Å². The van der Waals surface area contributed by atoms with Crippen molar-refractivity contribution in [2.75, 3.05) is 11.9 Å². The lowest BCUT2D eigenvalue weighted by Crippen LogP contribution is -2.39. The summed E-state index contributed by atoms with van der Waals surface area (Å²) in [6, 6.07) is 14.7. The Bertz CT molecular complexity index is 1130. The number of fused-ring (bicyclic) bond motifs is 1. The second kappa shape index (κ2) is 9.24. The molecule has 1 aromatic heterocycles. The molecule has 0 aliphatic carbocycles. The van der Waals surface area contributed by atoms with Crippen LogP contribution in [-0.4, -0.2) is 37.7 Å². The number of allylic oxidation sites excluding steroid dienone is 1. The second-order valence-electron chi connectivity index (χ2n) is 7.97. The monoisotopic (exact) mass is 452 g/mol. The molecule has 2 aromatic carbocycles. The number of hydrogen-bond donors (Lipinski definition) is 3. The largest absolute Gasteiger partial charge is 0.395 e. The molecule has 0 bridgehead atoms. The second-order valence-corrected chi connectivity index (χ2v) is 8.40. The fourth-order valence-electron chi connectivity index (χ4n) is 4.02. The molecule has 7 nitrogen and oxygen atoms in total. The molecule has 0 radical (unpaired) electrons. The number of aromatic nitrogens is 3. The first-order valence-corrected chi connectivity index (χ1v) is 10.9. The van der Waals surface area contributed by atoms with Gasteiger partial charge in [-0.3, -0.25) is 9.48 Å². The number of halogens is 1. The summed E-state index contributed by atoms with van der Waals surface area (Å²) in [6.45, 7) is 2.33. The molecule has 166 valence electrons. The maximum atomic E-state index is 12.5. The number of anilines is 1. The Hall–Kier alpha value is -3.00. The van der Waals surface area contributed by atoms with Crippen molar-refractivity contribution in [3.05, 3.63) is 88.7 Å². The molecule has 3 aromatic rings. The minimum absolute atomic E-state index is 0.0493. The van der Waals surface area contributed by atoms with Crippen molar-refractivity contribution in [2.45, 2.75) is 31.4 Å². The van der Waals surface area contributed by atoms with Crippen LogP contribution in [0.25, 0.3) is 0 Å². The van der Waals surface area contributed by atoms with Crippen LogP contribution in [0.3, 0.4) is 0 Å². The normalized spacial score (nSPS) is 19.7. The Balaban J connectivity index is 1.40. The average molecular weight is 453 g/mol. The molecule has 0 saturated carbocycles. The Morgan fingerprint density at radius 3 is 2.78 bits per heavy atom. The molecular weight excluding hydrogens is 428 g/mol. The summed E-state index contributed by atoms with van der Waals surface area (Å²) in [5.74, 6) is -1.13. The molecule has 4 rings (SSSR count). The number of amides is 1. The fraction of sp³-hybridized carbons (Fsp3) is 0.292. The van der Waals surface area contributed by atoms with Crippen LogP contribution in [-0.2, 0) is 16.9 Å². The van der Waals surface area contributed by atoms with E-state index in [0.29, 0.717) is 34.9 Å². The minimum atomic E-state index is -1.67. The van der Waals surface area contributed by atoms with Crippen molar-refractivity contribution in [1.82, 2.24) is 15.0 Å². The summed E-state index contributed by atoms with van der Waals surface area (Å²) in [6.07, 6.45) is 6.22. The van der Waals surface area contributed by atoms with E-state index in [-0.39, 0.29) is 12.5 Å². The summed E-state index contributed by atoms with van der Waals surface area (Å²) in [5.41, 5.74) is 1.10. The highest BCUT2D eigenvalue weighted by atomic mass is 35.5. The predicted octanol–water partition coefficient (Wildman–Crippen LogP) is 3.48. The van der Waals surface area contributed by atoms with Gasteiger partial charge < -0.3 is 15.5 Å². The van der Waals surface area contributed by atoms with Crippen molar-refractivity contribution >= 4 is 23.2 Å². The number of aliphatic hydroxyl groups is 2. The highest BCUT2D eigenvalue weighted by Gasteiger charge is 2.48. The molecule has 1 amide bonds. The summed E-state index contributed by atoms with van der Waals surface area (Å²) in [7, 11) is 0. The topological polar surface area (TPSA) is 100 Å². The molecule has 1 unspecified atom stereocenters. The van der Waals surface area contributed by atoms with Gasteiger partial charge in [-0.25, -0.2) is 0 Å². The van der Waals surface area contributed by atoms with Crippen LogP contribution in [0.5, 0.6) is 0 Å². The number of hydrogen-bond acceptors (Lipinski definition) is 5. The van der Waals surface area contributed by atoms with Crippen molar-refractivity contribution < 1.29 is 15.0 Å². The molecule has 0 fully saturated rings. The maximum absolute atomic E-state index is 12.5. The van der Waals surface area contributed by atoms with Crippen LogP contribution < -0.4 is 5.32 Å². The molecule has 3 atom stereocenters. The summed E-state index contributed by atoms with van der Waals surface area (Å²) >= 11 is 6.07. The number of nitrogens with one attached hydrogen (secondary N) is 1. The zero-order valence-electron chi connectivity index (χ0n) is 17.6. The number of nitrogens with zero attached hydrogens (tertiary/aromatic N) is 3. The Morgan fingerprint density at radius 2 is 2.03 bits per heavy atom. The Kier molecular flexibility index (Phi) is 6.41. The number of aliphatic hydroxyl groups excluding tert-OH is 1. The summed E-state index contributed by atoms with van der Waals surface area (Å²) in [4.78, 5) is 12.5. The first-order valence-electron chi connectivity index (χ1n) is 10.5. The van der Waals surface area contributed by atoms with Gasteiger partial charge in [0.25, 0.3) is 5.91 Å². The van der Waals surface area contributed by atoms with Crippen LogP contribution in [0.1, 0.15) is 36.1 Å². The van der Waals surface area contributed by atoms with Crippen molar-refractivity contribution in [2.24, 2.45) is 5.92 Å². The molecule has 0 saturated heterocycles. The standard InChI is InChI=1S/C24H25ClN4O3/c1-16(24(32)20-13-18(25)10-11-21(20)26-23(24)31)7-5-6-12-29-14-22(27-28-29)19(15-30)17-8-3-2-4-9-17/h2-5,7-11,13-14,16,19,30,32H,6,12,15H2,1H3,(H,26,31)/b7-5+/t16-,19?,24+/m0/s1. The number of benzene rings is 2. The van der Waals surface area contributed by atoms with Crippen LogP contribution in [0.2, 0.25) is 5.02 Å². The number of rotatable bonds is 8. The van der Waals surface area contributed by atoms with Gasteiger partial charge in [0.2, 0.25) is 0 Å². The smallest absolute Gasteiger partial charge is 0.261 e. The molecule has 32 heavy (non-hydrogen) atoms. The van der Waals surface area contributed by atoms with E-state index in [9.17, 15) is 15.0 Å². The van der Waals surface area contributed by atoms with Gasteiger partial charge in [-0.05, 0) is 30.2 Å². The zero-order chi connectivity index (χ0) is 22.7. The van der Waals surface area contributed by atoms with Crippen molar-refractivity contribution in [1.29, 1.82) is 0 Å².